The number of amides is 1. The van der Waals surface area contributed by atoms with E-state index < -0.39 is 28.9 Å². The number of benzene rings is 1. The van der Waals surface area contributed by atoms with Crippen LogP contribution in [0.5, 0.6) is 5.75 Å². The Hall–Kier alpha value is -1.91. The number of hydrogen-bond donors (Lipinski definition) is 2. The number of nitrogens with two attached hydrogens (primary N) is 1. The van der Waals surface area contributed by atoms with E-state index in [0.717, 1.165) is 24.3 Å². The fourth-order valence-corrected chi connectivity index (χ4v) is 0.880. The van der Waals surface area contributed by atoms with Gasteiger partial charge in [0.2, 0.25) is 5.91 Å². The lowest BCUT2D eigenvalue weighted by atomic mass is 10.1. The summed E-state index contributed by atoms with van der Waals surface area (Å²) in [5.74, 6) is -3.59. The van der Waals surface area contributed by atoms with Gasteiger partial charge >= 0.3 is 0 Å². The van der Waals surface area contributed by atoms with Crippen LogP contribution in [0.2, 0.25) is 0 Å². The van der Waals surface area contributed by atoms with Crippen molar-refractivity contribution in [2.24, 2.45) is 5.73 Å². The highest BCUT2D eigenvalue weighted by molar-refractivity contribution is 5.90. The predicted molar refractivity (Wildman–Crippen MR) is 46.3 cm³/mol. The fourth-order valence-electron chi connectivity index (χ4n) is 0.880. The summed E-state index contributed by atoms with van der Waals surface area (Å²) >= 11 is 0. The number of carbonyl (C=O) groups excluding carboxylic acids is 1. The molecule has 0 bridgehead atoms. The van der Waals surface area contributed by atoms with Crippen molar-refractivity contribution >= 4 is 12.0 Å². The molecular weight excluding hydrogens is 192 g/mol. The lowest BCUT2D eigenvalue weighted by Crippen LogP contribution is -2.05. The molecule has 0 aliphatic heterocycles. The minimum atomic E-state index is -1.22. The van der Waals surface area contributed by atoms with Gasteiger partial charge in [-0.05, 0) is 18.2 Å². The van der Waals surface area contributed by atoms with Gasteiger partial charge < -0.3 is 10.8 Å². The smallest absolute Gasteiger partial charge is 0.241 e. The molecule has 1 amide bonds. The van der Waals surface area contributed by atoms with Gasteiger partial charge in [-0.3, -0.25) is 4.79 Å². The van der Waals surface area contributed by atoms with E-state index in [2.05, 4.69) is 0 Å². The summed E-state index contributed by atoms with van der Waals surface area (Å²) in [5, 5.41) is 9.12. The summed E-state index contributed by atoms with van der Waals surface area (Å²) in [6, 6.07) is 1.77. The molecule has 1 rings (SSSR count). The van der Waals surface area contributed by atoms with Crippen molar-refractivity contribution in [1.29, 1.82) is 0 Å². The van der Waals surface area contributed by atoms with Crippen molar-refractivity contribution < 1.29 is 18.7 Å². The molecule has 3 nitrogen and oxygen atoms in total. The molecule has 1 aromatic rings. The fraction of sp³-hybridized carbons (Fsp3) is 0. The first-order chi connectivity index (χ1) is 6.52. The molecule has 14 heavy (non-hydrogen) atoms. The molecule has 0 spiro atoms. The SMILES string of the molecule is NC(=O)/C=C/c1c(O)ccc(F)c1F. The van der Waals surface area contributed by atoms with Crippen LogP contribution in [0.15, 0.2) is 18.2 Å². The summed E-state index contributed by atoms with van der Waals surface area (Å²) in [4.78, 5) is 10.3. The summed E-state index contributed by atoms with van der Waals surface area (Å²) in [6.07, 6.45) is 1.74. The lowest BCUT2D eigenvalue weighted by molar-refractivity contribution is -0.113. The van der Waals surface area contributed by atoms with E-state index in [1.165, 1.54) is 0 Å². The Morgan fingerprint density at radius 3 is 2.64 bits per heavy atom. The van der Waals surface area contributed by atoms with Crippen LogP contribution >= 0.6 is 0 Å². The monoisotopic (exact) mass is 199 g/mol. The summed E-state index contributed by atoms with van der Waals surface area (Å²) in [7, 11) is 0. The topological polar surface area (TPSA) is 63.3 Å². The Morgan fingerprint density at radius 2 is 2.07 bits per heavy atom. The van der Waals surface area contributed by atoms with E-state index in [-0.39, 0.29) is 0 Å². The first-order valence-corrected chi connectivity index (χ1v) is 3.67. The van der Waals surface area contributed by atoms with Crippen molar-refractivity contribution in [3.05, 3.63) is 35.4 Å². The van der Waals surface area contributed by atoms with E-state index in [1.807, 2.05) is 0 Å². The molecule has 0 saturated carbocycles. The van der Waals surface area contributed by atoms with Gasteiger partial charge in [0, 0.05) is 6.08 Å². The normalized spacial score (nSPS) is 10.7. The number of rotatable bonds is 2. The molecule has 0 fully saturated rings. The van der Waals surface area contributed by atoms with E-state index in [0.29, 0.717) is 0 Å². The van der Waals surface area contributed by atoms with Gasteiger partial charge in [-0.15, -0.1) is 0 Å². The van der Waals surface area contributed by atoms with E-state index >= 15 is 0 Å². The molecule has 0 aromatic heterocycles. The molecule has 74 valence electrons. The zero-order valence-electron chi connectivity index (χ0n) is 7.00. The second-order valence-electron chi connectivity index (χ2n) is 2.53. The van der Waals surface area contributed by atoms with Gasteiger partial charge in [-0.2, -0.15) is 0 Å². The first-order valence-electron chi connectivity index (χ1n) is 3.67. The maximum absolute atomic E-state index is 13.0. The van der Waals surface area contributed by atoms with Crippen molar-refractivity contribution in [3.63, 3.8) is 0 Å². The average Bonchev–Trinajstić information content (AvgIpc) is 2.11. The van der Waals surface area contributed by atoms with Crippen LogP contribution in [-0.4, -0.2) is 11.0 Å². The molecular formula is C9H7F2NO2. The molecule has 0 atom stereocenters. The van der Waals surface area contributed by atoms with Gasteiger partial charge in [0.05, 0.1) is 5.56 Å². The van der Waals surface area contributed by atoms with Crippen molar-refractivity contribution in [2.75, 3.05) is 0 Å². The molecule has 0 heterocycles. The number of primary amides is 1. The number of halogens is 2. The zero-order valence-corrected chi connectivity index (χ0v) is 7.00. The molecule has 3 N–H and O–H groups in total. The van der Waals surface area contributed by atoms with Gasteiger partial charge in [-0.25, -0.2) is 8.78 Å². The molecule has 0 radical (unpaired) electrons. The Kier molecular flexibility index (Phi) is 2.81. The Morgan fingerprint density at radius 1 is 1.43 bits per heavy atom. The zero-order chi connectivity index (χ0) is 10.7. The molecule has 5 heteroatoms. The van der Waals surface area contributed by atoms with Crippen molar-refractivity contribution in [3.8, 4) is 5.75 Å². The van der Waals surface area contributed by atoms with Gasteiger partial charge in [-0.1, -0.05) is 0 Å². The standard InChI is InChI=1S/C9H7F2NO2/c10-6-2-3-7(13)5(9(6)11)1-4-8(12)14/h1-4,13H,(H2,12,14)/b4-1+. The summed E-state index contributed by atoms with van der Waals surface area (Å²) in [5.41, 5.74) is 4.36. The van der Waals surface area contributed by atoms with Crippen LogP contribution in [-0.2, 0) is 4.79 Å². The van der Waals surface area contributed by atoms with Crippen LogP contribution < -0.4 is 5.73 Å². The summed E-state index contributed by atoms with van der Waals surface area (Å²) in [6.45, 7) is 0. The molecule has 0 unspecified atom stereocenters. The largest absolute Gasteiger partial charge is 0.507 e. The van der Waals surface area contributed by atoms with Gasteiger partial charge in [0.25, 0.3) is 0 Å². The minimum absolute atomic E-state index is 0.399. The number of aromatic hydroxyl groups is 1. The second kappa shape index (κ2) is 3.87. The highest BCUT2D eigenvalue weighted by atomic mass is 19.2. The molecule has 1 aromatic carbocycles. The average molecular weight is 199 g/mol. The second-order valence-corrected chi connectivity index (χ2v) is 2.53. The highest BCUT2D eigenvalue weighted by Crippen LogP contribution is 2.23. The quantitative estimate of drug-likeness (QED) is 0.702. The van der Waals surface area contributed by atoms with E-state index in [9.17, 15) is 13.6 Å². The predicted octanol–water partition coefficient (Wildman–Crippen LogP) is 1.17. The minimum Gasteiger partial charge on any atom is -0.507 e. The Labute approximate surface area is 78.5 Å². The number of carbonyl (C=O) groups is 1. The van der Waals surface area contributed by atoms with Crippen LogP contribution in [0.1, 0.15) is 5.56 Å². The maximum atomic E-state index is 13.0. The third kappa shape index (κ3) is 2.07. The third-order valence-corrected chi connectivity index (χ3v) is 1.52. The van der Waals surface area contributed by atoms with Crippen LogP contribution in [0.25, 0.3) is 6.08 Å². The third-order valence-electron chi connectivity index (χ3n) is 1.52. The van der Waals surface area contributed by atoms with E-state index in [4.69, 9.17) is 10.8 Å². The number of phenols is 1. The van der Waals surface area contributed by atoms with Crippen molar-refractivity contribution in [1.82, 2.24) is 0 Å². The van der Waals surface area contributed by atoms with Crippen molar-refractivity contribution in [2.45, 2.75) is 0 Å². The lowest BCUT2D eigenvalue weighted by Gasteiger charge is -2.00. The van der Waals surface area contributed by atoms with Crippen LogP contribution in [0, 0.1) is 11.6 Å². The van der Waals surface area contributed by atoms with Gasteiger partial charge in [0.15, 0.2) is 11.6 Å². The highest BCUT2D eigenvalue weighted by Gasteiger charge is 2.10. The molecule has 0 aliphatic rings. The Bertz CT molecular complexity index is 402. The Balaban J connectivity index is 3.19. The maximum Gasteiger partial charge on any atom is 0.241 e. The molecule has 0 aliphatic carbocycles. The van der Waals surface area contributed by atoms with Crippen LogP contribution in [0.4, 0.5) is 8.78 Å². The van der Waals surface area contributed by atoms with Gasteiger partial charge in [0.1, 0.15) is 5.75 Å². The van der Waals surface area contributed by atoms with E-state index in [1.54, 1.807) is 0 Å². The van der Waals surface area contributed by atoms with Crippen LogP contribution in [0.3, 0.4) is 0 Å². The number of phenolic OH excluding ortho intramolecular Hbond substituents is 1. The first kappa shape index (κ1) is 10.2. The number of hydrogen-bond acceptors (Lipinski definition) is 2. The summed E-state index contributed by atoms with van der Waals surface area (Å²) < 4.78 is 25.6. The molecule has 0 saturated heterocycles.